The van der Waals surface area contributed by atoms with Gasteiger partial charge in [0.2, 0.25) is 0 Å². The number of phenolic OH excluding ortho intramolecular Hbond substituents is 1. The molecule has 0 aromatic heterocycles. The van der Waals surface area contributed by atoms with E-state index >= 15 is 0 Å². The first kappa shape index (κ1) is 17.5. The van der Waals surface area contributed by atoms with Crippen LogP contribution in [-0.2, 0) is 4.79 Å². The maximum atomic E-state index is 12.0. The minimum absolute atomic E-state index is 0.105. The van der Waals surface area contributed by atoms with Gasteiger partial charge in [-0.3, -0.25) is 4.79 Å². The Bertz CT molecular complexity index is 960. The molecule has 0 fully saturated rings. The summed E-state index contributed by atoms with van der Waals surface area (Å²) in [6.45, 7) is 3.73. The van der Waals surface area contributed by atoms with Crippen LogP contribution in [0, 0.1) is 13.8 Å². The Labute approximate surface area is 151 Å². The number of fused-ring (bicyclic) bond motifs is 1. The van der Waals surface area contributed by atoms with Gasteiger partial charge in [0.1, 0.15) is 11.5 Å². The van der Waals surface area contributed by atoms with Gasteiger partial charge in [-0.1, -0.05) is 48.5 Å². The molecule has 26 heavy (non-hydrogen) atoms. The first-order chi connectivity index (χ1) is 12.6. The third-order valence-corrected chi connectivity index (χ3v) is 4.09. The highest BCUT2D eigenvalue weighted by Gasteiger charge is 2.07. The Kier molecular flexibility index (Phi) is 5.17. The number of hydrogen-bond acceptors (Lipinski definition) is 4. The summed E-state index contributed by atoms with van der Waals surface area (Å²) in [5, 5.41) is 15.8. The van der Waals surface area contributed by atoms with Crippen LogP contribution in [0.3, 0.4) is 0 Å². The largest absolute Gasteiger partial charge is 0.507 e. The fourth-order valence-corrected chi connectivity index (χ4v) is 2.79. The quantitative estimate of drug-likeness (QED) is 0.546. The number of benzene rings is 3. The number of carbonyl (C=O) groups is 1. The molecule has 0 saturated heterocycles. The molecular formula is C21H20N2O3. The van der Waals surface area contributed by atoms with E-state index < -0.39 is 0 Å². The fraction of sp³-hybridized carbons (Fsp3) is 0.143. The summed E-state index contributed by atoms with van der Waals surface area (Å²) in [5.74, 6) is 0.440. The van der Waals surface area contributed by atoms with Crippen molar-refractivity contribution < 1.29 is 14.6 Å². The second-order valence-electron chi connectivity index (χ2n) is 6.02. The van der Waals surface area contributed by atoms with Crippen LogP contribution in [0.4, 0.5) is 0 Å². The predicted molar refractivity (Wildman–Crippen MR) is 103 cm³/mol. The summed E-state index contributed by atoms with van der Waals surface area (Å²) in [6, 6.07) is 16.9. The van der Waals surface area contributed by atoms with Gasteiger partial charge in [-0.05, 0) is 41.8 Å². The Morgan fingerprint density at radius 2 is 1.81 bits per heavy atom. The van der Waals surface area contributed by atoms with Crippen molar-refractivity contribution in [2.45, 2.75) is 13.8 Å². The Hall–Kier alpha value is -3.34. The molecule has 0 radical (unpaired) electrons. The monoisotopic (exact) mass is 348 g/mol. The van der Waals surface area contributed by atoms with Crippen LogP contribution in [0.2, 0.25) is 0 Å². The van der Waals surface area contributed by atoms with Crippen LogP contribution in [0.15, 0.2) is 59.7 Å². The number of aromatic hydroxyl groups is 1. The van der Waals surface area contributed by atoms with Gasteiger partial charge in [-0.25, -0.2) is 5.43 Å². The van der Waals surface area contributed by atoms with E-state index in [1.807, 2.05) is 62.4 Å². The number of hydrogen-bond donors (Lipinski definition) is 2. The molecule has 0 atom stereocenters. The molecular weight excluding hydrogens is 328 g/mol. The molecule has 3 aromatic rings. The SMILES string of the molecule is Cc1cccc(C)c1OCC(=O)NN=Cc1c(O)ccc2ccccc12. The maximum absolute atomic E-state index is 12.0. The Morgan fingerprint density at radius 3 is 2.58 bits per heavy atom. The van der Waals surface area contributed by atoms with E-state index in [0.717, 1.165) is 21.9 Å². The van der Waals surface area contributed by atoms with E-state index in [-0.39, 0.29) is 18.3 Å². The molecule has 3 rings (SSSR count). The summed E-state index contributed by atoms with van der Waals surface area (Å²) in [6.07, 6.45) is 1.44. The van der Waals surface area contributed by atoms with E-state index in [2.05, 4.69) is 10.5 Å². The molecule has 132 valence electrons. The lowest BCUT2D eigenvalue weighted by Crippen LogP contribution is -2.25. The lowest BCUT2D eigenvalue weighted by molar-refractivity contribution is -0.123. The first-order valence-electron chi connectivity index (χ1n) is 8.28. The van der Waals surface area contributed by atoms with Gasteiger partial charge in [0.15, 0.2) is 6.61 Å². The van der Waals surface area contributed by atoms with Crippen LogP contribution in [0.1, 0.15) is 16.7 Å². The minimum atomic E-state index is -0.372. The normalized spacial score (nSPS) is 11.0. The molecule has 5 heteroatoms. The molecule has 2 N–H and O–H groups in total. The summed E-state index contributed by atoms with van der Waals surface area (Å²) >= 11 is 0. The molecule has 1 amide bonds. The highest BCUT2D eigenvalue weighted by molar-refractivity contribution is 6.02. The van der Waals surface area contributed by atoms with E-state index in [4.69, 9.17) is 4.74 Å². The van der Waals surface area contributed by atoms with Crippen molar-refractivity contribution in [3.63, 3.8) is 0 Å². The number of hydrazone groups is 1. The second-order valence-corrected chi connectivity index (χ2v) is 6.02. The second kappa shape index (κ2) is 7.70. The molecule has 0 aliphatic rings. The smallest absolute Gasteiger partial charge is 0.277 e. The fourth-order valence-electron chi connectivity index (χ4n) is 2.79. The number of para-hydroxylation sites is 1. The Balaban J connectivity index is 1.66. The van der Waals surface area contributed by atoms with Crippen molar-refractivity contribution in [3.8, 4) is 11.5 Å². The maximum Gasteiger partial charge on any atom is 0.277 e. The van der Waals surface area contributed by atoms with Crippen molar-refractivity contribution in [2.75, 3.05) is 6.61 Å². The predicted octanol–water partition coefficient (Wildman–Crippen LogP) is 3.69. The van der Waals surface area contributed by atoms with Crippen molar-refractivity contribution in [1.29, 1.82) is 0 Å². The van der Waals surface area contributed by atoms with Gasteiger partial charge in [-0.2, -0.15) is 5.10 Å². The molecule has 3 aromatic carbocycles. The van der Waals surface area contributed by atoms with Crippen LogP contribution in [-0.4, -0.2) is 23.8 Å². The number of amides is 1. The van der Waals surface area contributed by atoms with Crippen molar-refractivity contribution in [3.05, 3.63) is 71.3 Å². The number of nitrogens with one attached hydrogen (secondary N) is 1. The third kappa shape index (κ3) is 3.83. The first-order valence-corrected chi connectivity index (χ1v) is 8.28. The van der Waals surface area contributed by atoms with Crippen molar-refractivity contribution in [2.24, 2.45) is 5.10 Å². The van der Waals surface area contributed by atoms with Gasteiger partial charge in [-0.15, -0.1) is 0 Å². The number of ether oxygens (including phenoxy) is 1. The molecule has 0 spiro atoms. The average Bonchev–Trinajstić information content (AvgIpc) is 2.63. The molecule has 0 unspecified atom stereocenters. The molecule has 0 aliphatic heterocycles. The summed E-state index contributed by atoms with van der Waals surface area (Å²) in [7, 11) is 0. The molecule has 0 saturated carbocycles. The van der Waals surface area contributed by atoms with Gasteiger partial charge < -0.3 is 9.84 Å². The molecule has 0 heterocycles. The van der Waals surface area contributed by atoms with Crippen LogP contribution in [0.25, 0.3) is 10.8 Å². The third-order valence-electron chi connectivity index (χ3n) is 4.09. The summed E-state index contributed by atoms with van der Waals surface area (Å²) < 4.78 is 5.59. The van der Waals surface area contributed by atoms with Crippen molar-refractivity contribution >= 4 is 22.9 Å². The Morgan fingerprint density at radius 1 is 1.08 bits per heavy atom. The van der Waals surface area contributed by atoms with Gasteiger partial charge >= 0.3 is 0 Å². The van der Waals surface area contributed by atoms with E-state index in [1.165, 1.54) is 6.21 Å². The van der Waals surface area contributed by atoms with Crippen LogP contribution in [0.5, 0.6) is 11.5 Å². The lowest BCUT2D eigenvalue weighted by atomic mass is 10.0. The zero-order valence-electron chi connectivity index (χ0n) is 14.7. The molecule has 0 aliphatic carbocycles. The average molecular weight is 348 g/mol. The number of rotatable bonds is 5. The standard InChI is InChI=1S/C21H20N2O3/c1-14-6-5-7-15(2)21(14)26-13-20(25)23-22-12-18-17-9-4-3-8-16(17)10-11-19(18)24/h3-12,24H,13H2,1-2H3,(H,23,25). The number of phenols is 1. The van der Waals surface area contributed by atoms with Gasteiger partial charge in [0.05, 0.1) is 6.21 Å². The number of nitrogens with zero attached hydrogens (tertiary/aromatic N) is 1. The van der Waals surface area contributed by atoms with Gasteiger partial charge in [0.25, 0.3) is 5.91 Å². The zero-order valence-corrected chi connectivity index (χ0v) is 14.7. The molecule has 0 bridgehead atoms. The van der Waals surface area contributed by atoms with Gasteiger partial charge in [0, 0.05) is 5.56 Å². The zero-order chi connectivity index (χ0) is 18.5. The van der Waals surface area contributed by atoms with E-state index in [0.29, 0.717) is 11.3 Å². The summed E-state index contributed by atoms with van der Waals surface area (Å²) in [5.41, 5.74) is 4.93. The van der Waals surface area contributed by atoms with E-state index in [1.54, 1.807) is 6.07 Å². The van der Waals surface area contributed by atoms with Crippen molar-refractivity contribution in [1.82, 2.24) is 5.43 Å². The van der Waals surface area contributed by atoms with E-state index in [9.17, 15) is 9.90 Å². The van der Waals surface area contributed by atoms with Crippen LogP contribution < -0.4 is 10.2 Å². The number of carbonyl (C=O) groups excluding carboxylic acids is 1. The van der Waals surface area contributed by atoms with Crippen LogP contribution >= 0.6 is 0 Å². The topological polar surface area (TPSA) is 70.9 Å². The highest BCUT2D eigenvalue weighted by Crippen LogP contribution is 2.25. The molecule has 5 nitrogen and oxygen atoms in total. The lowest BCUT2D eigenvalue weighted by Gasteiger charge is -2.10. The summed E-state index contributed by atoms with van der Waals surface area (Å²) in [4.78, 5) is 12.0. The highest BCUT2D eigenvalue weighted by atomic mass is 16.5. The number of aryl methyl sites for hydroxylation is 2. The minimum Gasteiger partial charge on any atom is -0.507 e.